The van der Waals surface area contributed by atoms with E-state index in [4.69, 9.17) is 0 Å². The van der Waals surface area contributed by atoms with Crippen LogP contribution in [0.2, 0.25) is 0 Å². The third-order valence-electron chi connectivity index (χ3n) is 3.66. The molecule has 0 fully saturated rings. The van der Waals surface area contributed by atoms with Gasteiger partial charge < -0.3 is 0 Å². The molecule has 0 N–H and O–H groups in total. The van der Waals surface area contributed by atoms with Crippen molar-refractivity contribution in [2.75, 3.05) is 0 Å². The molecule has 1 nitrogen and oxygen atoms in total. The second-order valence-corrected chi connectivity index (χ2v) is 6.80. The number of alkyl halides is 1. The van der Waals surface area contributed by atoms with E-state index < -0.39 is 0 Å². The third-order valence-corrected chi connectivity index (χ3v) is 4.93. The molecule has 0 spiro atoms. The molecule has 1 atom stereocenters. The van der Waals surface area contributed by atoms with Crippen LogP contribution in [0.5, 0.6) is 0 Å². The van der Waals surface area contributed by atoms with Crippen molar-refractivity contribution in [1.29, 1.82) is 0 Å². The van der Waals surface area contributed by atoms with Crippen LogP contribution >= 0.6 is 22.6 Å². The van der Waals surface area contributed by atoms with Crippen LogP contribution < -0.4 is 4.57 Å². The lowest BCUT2D eigenvalue weighted by Gasteiger charge is -2.06. The van der Waals surface area contributed by atoms with Gasteiger partial charge in [-0.3, -0.25) is 0 Å². The standard InChI is InChI=1S/C17H29IN/c1-3-5-6-7-8-9-10-13-17(18)19-14-11-12-16(4-2)15-19/h11-12,14-15,17H,3-10,13H2,1-2H3/q+1. The number of hydrogen-bond donors (Lipinski definition) is 0. The van der Waals surface area contributed by atoms with Crippen molar-refractivity contribution in [2.24, 2.45) is 0 Å². The zero-order chi connectivity index (χ0) is 13.9. The maximum Gasteiger partial charge on any atom is 0.207 e. The molecule has 0 radical (unpaired) electrons. The fourth-order valence-corrected chi connectivity index (χ4v) is 3.13. The van der Waals surface area contributed by atoms with Crippen LogP contribution in [0.15, 0.2) is 24.5 Å². The van der Waals surface area contributed by atoms with Crippen LogP contribution in [0, 0.1) is 0 Å². The van der Waals surface area contributed by atoms with Gasteiger partial charge in [0.05, 0.1) is 0 Å². The summed E-state index contributed by atoms with van der Waals surface area (Å²) in [6.45, 7) is 4.50. The van der Waals surface area contributed by atoms with Gasteiger partial charge in [0.2, 0.25) is 4.05 Å². The summed E-state index contributed by atoms with van der Waals surface area (Å²) in [7, 11) is 0. The number of aromatic nitrogens is 1. The molecule has 0 aliphatic rings. The highest BCUT2D eigenvalue weighted by Gasteiger charge is 2.13. The molecule has 108 valence electrons. The molecule has 0 aliphatic carbocycles. The molecule has 1 aromatic rings. The Kier molecular flexibility index (Phi) is 9.48. The van der Waals surface area contributed by atoms with Crippen molar-refractivity contribution in [3.63, 3.8) is 0 Å². The Morgan fingerprint density at radius 3 is 2.42 bits per heavy atom. The van der Waals surface area contributed by atoms with Crippen LogP contribution in [-0.2, 0) is 6.42 Å². The molecule has 1 rings (SSSR count). The summed E-state index contributed by atoms with van der Waals surface area (Å²) in [5, 5.41) is 0. The second kappa shape index (κ2) is 10.6. The quantitative estimate of drug-likeness (QED) is 0.217. The van der Waals surface area contributed by atoms with Crippen molar-refractivity contribution in [2.45, 2.75) is 75.7 Å². The van der Waals surface area contributed by atoms with Crippen molar-refractivity contribution in [3.8, 4) is 0 Å². The van der Waals surface area contributed by atoms with Crippen LogP contribution in [0.3, 0.4) is 0 Å². The smallest absolute Gasteiger partial charge is 0.193 e. The van der Waals surface area contributed by atoms with Gasteiger partial charge in [0.15, 0.2) is 12.4 Å². The van der Waals surface area contributed by atoms with Gasteiger partial charge in [-0.1, -0.05) is 52.4 Å². The molecular weight excluding hydrogens is 345 g/mol. The van der Waals surface area contributed by atoms with Crippen LogP contribution in [0.1, 0.15) is 74.8 Å². The average molecular weight is 374 g/mol. The summed E-state index contributed by atoms with van der Waals surface area (Å²) < 4.78 is 2.98. The summed E-state index contributed by atoms with van der Waals surface area (Å²) in [5.41, 5.74) is 1.43. The zero-order valence-corrected chi connectivity index (χ0v) is 14.7. The lowest BCUT2D eigenvalue weighted by Crippen LogP contribution is -2.35. The molecular formula is C17H29IN+. The van der Waals surface area contributed by atoms with Crippen molar-refractivity contribution < 1.29 is 4.57 Å². The van der Waals surface area contributed by atoms with Gasteiger partial charge in [0, 0.05) is 18.1 Å². The highest BCUT2D eigenvalue weighted by atomic mass is 127. The maximum atomic E-state index is 2.58. The number of unbranched alkanes of at least 4 members (excludes halogenated alkanes) is 6. The highest BCUT2D eigenvalue weighted by molar-refractivity contribution is 14.1. The molecule has 1 heterocycles. The summed E-state index contributed by atoms with van der Waals surface area (Å²) >= 11 is 2.58. The molecule has 2 heteroatoms. The van der Waals surface area contributed by atoms with Gasteiger partial charge in [-0.2, -0.15) is 4.57 Å². The summed E-state index contributed by atoms with van der Waals surface area (Å²) in [4.78, 5) is 0. The minimum Gasteiger partial charge on any atom is -0.193 e. The molecule has 1 aromatic heterocycles. The summed E-state index contributed by atoms with van der Waals surface area (Å²) in [6.07, 6.45) is 16.7. The van der Waals surface area contributed by atoms with Gasteiger partial charge in [-0.15, -0.1) is 0 Å². The molecule has 0 bridgehead atoms. The second-order valence-electron chi connectivity index (χ2n) is 5.36. The van der Waals surface area contributed by atoms with E-state index in [0.717, 1.165) is 6.42 Å². The number of nitrogens with zero attached hydrogens (tertiary/aromatic N) is 1. The van der Waals surface area contributed by atoms with Crippen LogP contribution in [0.25, 0.3) is 0 Å². The Labute approximate surface area is 133 Å². The van der Waals surface area contributed by atoms with E-state index in [-0.39, 0.29) is 0 Å². The topological polar surface area (TPSA) is 3.88 Å². The molecule has 0 aliphatic heterocycles. The number of halogens is 1. The van der Waals surface area contributed by atoms with E-state index in [2.05, 4.69) is 65.5 Å². The minimum absolute atomic E-state index is 0.611. The molecule has 1 unspecified atom stereocenters. The predicted octanol–water partition coefficient (Wildman–Crippen LogP) is 5.61. The molecule has 0 amide bonds. The van der Waals surface area contributed by atoms with Gasteiger partial charge >= 0.3 is 0 Å². The number of rotatable bonds is 10. The molecule has 0 saturated carbocycles. The van der Waals surface area contributed by atoms with E-state index in [1.807, 2.05) is 0 Å². The lowest BCUT2D eigenvalue weighted by atomic mass is 10.1. The van der Waals surface area contributed by atoms with Crippen molar-refractivity contribution in [3.05, 3.63) is 30.1 Å². The van der Waals surface area contributed by atoms with Gasteiger partial charge in [-0.25, -0.2) is 0 Å². The zero-order valence-electron chi connectivity index (χ0n) is 12.6. The fourth-order valence-electron chi connectivity index (χ4n) is 2.35. The summed E-state index contributed by atoms with van der Waals surface area (Å²) in [6, 6.07) is 4.39. The van der Waals surface area contributed by atoms with Crippen molar-refractivity contribution >= 4 is 22.6 Å². The first-order valence-corrected chi connectivity index (χ1v) is 9.16. The Morgan fingerprint density at radius 2 is 1.74 bits per heavy atom. The molecule has 0 aromatic carbocycles. The molecule has 19 heavy (non-hydrogen) atoms. The monoisotopic (exact) mass is 374 g/mol. The highest BCUT2D eigenvalue weighted by Crippen LogP contribution is 2.18. The fraction of sp³-hybridized carbons (Fsp3) is 0.706. The Hall–Kier alpha value is -0.120. The van der Waals surface area contributed by atoms with Gasteiger partial charge in [0.25, 0.3) is 0 Å². The maximum absolute atomic E-state index is 2.58. The van der Waals surface area contributed by atoms with Gasteiger partial charge in [-0.05, 0) is 41.5 Å². The van der Waals surface area contributed by atoms with E-state index in [9.17, 15) is 0 Å². The number of pyridine rings is 1. The summed E-state index contributed by atoms with van der Waals surface area (Å²) in [5.74, 6) is 0. The normalized spacial score (nSPS) is 12.6. The Bertz CT molecular complexity index is 338. The average Bonchev–Trinajstić information content (AvgIpc) is 2.46. The van der Waals surface area contributed by atoms with Crippen molar-refractivity contribution in [1.82, 2.24) is 0 Å². The van der Waals surface area contributed by atoms with E-state index >= 15 is 0 Å². The lowest BCUT2D eigenvalue weighted by molar-refractivity contribution is -0.695. The van der Waals surface area contributed by atoms with Crippen LogP contribution in [0.4, 0.5) is 0 Å². The number of hydrogen-bond acceptors (Lipinski definition) is 0. The largest absolute Gasteiger partial charge is 0.207 e. The third kappa shape index (κ3) is 7.28. The number of aryl methyl sites for hydroxylation is 1. The minimum atomic E-state index is 0.611. The van der Waals surface area contributed by atoms with Gasteiger partial charge in [0.1, 0.15) is 0 Å². The Morgan fingerprint density at radius 1 is 1.05 bits per heavy atom. The van der Waals surface area contributed by atoms with Crippen LogP contribution in [-0.4, -0.2) is 0 Å². The first-order valence-electron chi connectivity index (χ1n) is 7.91. The van der Waals surface area contributed by atoms with E-state index in [1.54, 1.807) is 0 Å². The SMILES string of the molecule is CCCCCCCCCC(I)[n+]1cccc(CC)c1. The van der Waals surface area contributed by atoms with E-state index in [1.165, 1.54) is 56.9 Å². The first kappa shape index (κ1) is 16.9. The first-order chi connectivity index (χ1) is 9.27. The van der Waals surface area contributed by atoms with E-state index in [0.29, 0.717) is 4.05 Å². The predicted molar refractivity (Wildman–Crippen MR) is 91.7 cm³/mol. The Balaban J connectivity index is 2.18. The molecule has 0 saturated heterocycles.